The van der Waals surface area contributed by atoms with Crippen LogP contribution in [0.5, 0.6) is 0 Å². The second-order valence-electron chi connectivity index (χ2n) is 9.75. The van der Waals surface area contributed by atoms with Crippen LogP contribution in [0.3, 0.4) is 0 Å². The fraction of sp³-hybridized carbons (Fsp3) is 0.0968. The second kappa shape index (κ2) is 9.72. The van der Waals surface area contributed by atoms with E-state index >= 15 is 0 Å². The van der Waals surface area contributed by atoms with Gasteiger partial charge in [0.25, 0.3) is 11.1 Å². The Labute approximate surface area is 233 Å². The molecule has 0 aliphatic heterocycles. The molecule has 0 saturated heterocycles. The molecular weight excluding hydrogens is 525 g/mol. The molecule has 8 heteroatoms. The van der Waals surface area contributed by atoms with Gasteiger partial charge in [-0.25, -0.2) is 0 Å². The van der Waals surface area contributed by atoms with Gasteiger partial charge in [0.05, 0.1) is 33.2 Å². The summed E-state index contributed by atoms with van der Waals surface area (Å²) in [7, 11) is 0. The maximum absolute atomic E-state index is 13.5. The van der Waals surface area contributed by atoms with Gasteiger partial charge in [-0.2, -0.15) is 0 Å². The molecule has 0 aliphatic carbocycles. The van der Waals surface area contributed by atoms with Gasteiger partial charge in [-0.05, 0) is 104 Å². The van der Waals surface area contributed by atoms with Crippen molar-refractivity contribution in [1.29, 1.82) is 0 Å². The minimum atomic E-state index is -0.175. The van der Waals surface area contributed by atoms with Crippen LogP contribution in [0.2, 0.25) is 0 Å². The number of rotatable bonds is 4. The molecule has 0 bridgehead atoms. The topological polar surface area (TPSA) is 75.6 Å². The molecule has 2 aromatic heterocycles. The number of aromatic nitrogens is 4. The molecule has 6 nitrogen and oxygen atoms in total. The fourth-order valence-corrected chi connectivity index (χ4v) is 5.43. The van der Waals surface area contributed by atoms with Crippen LogP contribution >= 0.6 is 24.4 Å². The Kier molecular flexibility index (Phi) is 6.21. The Balaban J connectivity index is 1.42. The van der Waals surface area contributed by atoms with Crippen LogP contribution in [0.1, 0.15) is 22.3 Å². The molecular formula is C31H24N4O2S2. The maximum atomic E-state index is 13.5. The lowest BCUT2D eigenvalue weighted by Gasteiger charge is -2.11. The third-order valence-corrected chi connectivity index (χ3v) is 7.49. The van der Waals surface area contributed by atoms with Crippen LogP contribution < -0.4 is 11.1 Å². The molecule has 6 rings (SSSR count). The van der Waals surface area contributed by atoms with Crippen molar-refractivity contribution in [1.82, 2.24) is 19.1 Å². The zero-order valence-corrected chi connectivity index (χ0v) is 23.0. The molecule has 0 saturated carbocycles. The summed E-state index contributed by atoms with van der Waals surface area (Å²) in [5.74, 6) is 0. The van der Waals surface area contributed by atoms with E-state index in [-0.39, 0.29) is 11.1 Å². The van der Waals surface area contributed by atoms with Gasteiger partial charge in [-0.1, -0.05) is 47.5 Å². The average molecular weight is 549 g/mol. The molecule has 0 spiro atoms. The van der Waals surface area contributed by atoms with Crippen LogP contribution in [0.4, 0.5) is 0 Å². The normalized spacial score (nSPS) is 11.3. The number of fused-ring (bicyclic) bond motifs is 2. The number of benzene rings is 4. The van der Waals surface area contributed by atoms with Crippen molar-refractivity contribution in [2.75, 3.05) is 0 Å². The average Bonchev–Trinajstić information content (AvgIpc) is 2.92. The van der Waals surface area contributed by atoms with Gasteiger partial charge >= 0.3 is 0 Å². The van der Waals surface area contributed by atoms with Crippen molar-refractivity contribution in [3.8, 4) is 11.4 Å². The van der Waals surface area contributed by atoms with E-state index < -0.39 is 0 Å². The molecule has 192 valence electrons. The smallest absolute Gasteiger partial charge is 0.266 e. The highest BCUT2D eigenvalue weighted by Crippen LogP contribution is 2.19. The third-order valence-electron chi connectivity index (χ3n) is 6.92. The molecule has 0 fully saturated rings. The second-order valence-corrected chi connectivity index (χ2v) is 10.5. The Hall–Kier alpha value is -4.40. The maximum Gasteiger partial charge on any atom is 0.266 e. The molecule has 39 heavy (non-hydrogen) atoms. The van der Waals surface area contributed by atoms with Gasteiger partial charge in [0.15, 0.2) is 9.54 Å². The van der Waals surface area contributed by atoms with Crippen LogP contribution in [0.15, 0.2) is 94.5 Å². The lowest BCUT2D eigenvalue weighted by molar-refractivity contribution is 0.937. The largest absolute Gasteiger partial charge is 0.331 e. The van der Waals surface area contributed by atoms with E-state index in [1.165, 1.54) is 9.13 Å². The third kappa shape index (κ3) is 4.58. The monoisotopic (exact) mass is 548 g/mol. The van der Waals surface area contributed by atoms with Gasteiger partial charge in [-0.15, -0.1) is 0 Å². The Bertz CT molecular complexity index is 1980. The number of nitrogens with zero attached hydrogens (tertiary/aromatic N) is 2. The molecule has 0 amide bonds. The van der Waals surface area contributed by atoms with Crippen molar-refractivity contribution < 1.29 is 0 Å². The Morgan fingerprint density at radius 3 is 1.36 bits per heavy atom. The summed E-state index contributed by atoms with van der Waals surface area (Å²) in [6.07, 6.45) is 0.547. The summed E-state index contributed by atoms with van der Waals surface area (Å²) < 4.78 is 3.74. The minimum absolute atomic E-state index is 0.175. The van der Waals surface area contributed by atoms with Gasteiger partial charge in [-0.3, -0.25) is 18.7 Å². The number of hydrogen-bond acceptors (Lipinski definition) is 4. The van der Waals surface area contributed by atoms with Crippen molar-refractivity contribution in [3.63, 3.8) is 0 Å². The van der Waals surface area contributed by atoms with E-state index in [0.29, 0.717) is 37.8 Å². The lowest BCUT2D eigenvalue weighted by atomic mass is 10.0. The van der Waals surface area contributed by atoms with E-state index in [0.717, 1.165) is 33.6 Å². The molecule has 2 heterocycles. The summed E-state index contributed by atoms with van der Waals surface area (Å²) in [5.41, 5.74) is 6.56. The summed E-state index contributed by atoms with van der Waals surface area (Å²) in [6, 6.07) is 26.8. The van der Waals surface area contributed by atoms with Crippen LogP contribution in [0, 0.1) is 23.4 Å². The highest BCUT2D eigenvalue weighted by molar-refractivity contribution is 7.71. The number of H-pyrrole nitrogens is 2. The van der Waals surface area contributed by atoms with Gasteiger partial charge in [0.1, 0.15) is 0 Å². The van der Waals surface area contributed by atoms with E-state index in [2.05, 4.69) is 9.97 Å². The number of aromatic amines is 2. The Morgan fingerprint density at radius 1 is 0.590 bits per heavy atom. The molecule has 6 aromatic rings. The van der Waals surface area contributed by atoms with Crippen LogP contribution in [-0.4, -0.2) is 19.1 Å². The predicted molar refractivity (Wildman–Crippen MR) is 162 cm³/mol. The summed E-state index contributed by atoms with van der Waals surface area (Å²) in [5, 5.41) is 1.10. The van der Waals surface area contributed by atoms with Crippen molar-refractivity contribution in [2.45, 2.75) is 20.3 Å². The predicted octanol–water partition coefficient (Wildman–Crippen LogP) is 6.62. The first-order valence-electron chi connectivity index (χ1n) is 12.5. The number of nitrogens with one attached hydrogen (secondary N) is 2. The molecule has 2 N–H and O–H groups in total. The van der Waals surface area contributed by atoms with Crippen LogP contribution in [0.25, 0.3) is 33.2 Å². The first-order chi connectivity index (χ1) is 18.8. The fourth-order valence-electron chi connectivity index (χ4n) is 4.83. The minimum Gasteiger partial charge on any atom is -0.331 e. The van der Waals surface area contributed by atoms with Gasteiger partial charge in [0, 0.05) is 0 Å². The number of aryl methyl sites for hydroxylation is 2. The quantitative estimate of drug-likeness (QED) is 0.243. The molecule has 0 unspecified atom stereocenters. The van der Waals surface area contributed by atoms with Crippen molar-refractivity contribution >= 4 is 46.2 Å². The van der Waals surface area contributed by atoms with Crippen molar-refractivity contribution in [3.05, 3.63) is 137 Å². The first kappa shape index (κ1) is 24.9. The van der Waals surface area contributed by atoms with Crippen LogP contribution in [-0.2, 0) is 6.42 Å². The highest BCUT2D eigenvalue weighted by Gasteiger charge is 2.11. The van der Waals surface area contributed by atoms with Gasteiger partial charge in [0.2, 0.25) is 0 Å². The zero-order valence-electron chi connectivity index (χ0n) is 21.3. The number of hydrogen-bond donors (Lipinski definition) is 2. The molecule has 4 aromatic carbocycles. The first-order valence-corrected chi connectivity index (χ1v) is 13.3. The molecule has 0 radical (unpaired) electrons. The SMILES string of the molecule is Cc1ccc(-n2c(=S)[nH]c3ccc(Cc4ccc5[nH]c(=S)n(-c6ccc(C)cc6)c(=O)c5c4)cc3c2=O)cc1. The standard InChI is InChI=1S/C31H24N4O2S2/c1-18-3-9-22(10-4-18)34-28(36)24-16-20(7-13-26(24)32-30(34)38)15-21-8-14-27-25(17-21)29(37)35(31(39)33-27)23-11-5-19(2)6-12-23/h3-14,16-17H,15H2,1-2H3,(H,32,38)(H,33,39). The van der Waals surface area contributed by atoms with E-state index in [1.54, 1.807) is 0 Å². The van der Waals surface area contributed by atoms with Gasteiger partial charge < -0.3 is 9.97 Å². The summed E-state index contributed by atoms with van der Waals surface area (Å²) in [6.45, 7) is 4.00. The summed E-state index contributed by atoms with van der Waals surface area (Å²) in [4.78, 5) is 33.4. The van der Waals surface area contributed by atoms with E-state index in [4.69, 9.17) is 24.4 Å². The summed E-state index contributed by atoms with van der Waals surface area (Å²) >= 11 is 11.0. The highest BCUT2D eigenvalue weighted by atomic mass is 32.1. The zero-order chi connectivity index (χ0) is 27.3. The molecule has 0 atom stereocenters. The van der Waals surface area contributed by atoms with E-state index in [1.807, 2.05) is 98.8 Å². The lowest BCUT2D eigenvalue weighted by Crippen LogP contribution is -2.21. The molecule has 0 aliphatic rings. The Morgan fingerprint density at radius 2 is 0.974 bits per heavy atom. The van der Waals surface area contributed by atoms with E-state index in [9.17, 15) is 9.59 Å². The van der Waals surface area contributed by atoms with Crippen molar-refractivity contribution in [2.24, 2.45) is 0 Å².